The van der Waals surface area contributed by atoms with Gasteiger partial charge in [0, 0.05) is 5.82 Å². The first-order valence-corrected chi connectivity index (χ1v) is 2.52. The Hall–Kier alpha value is -0.535. The van der Waals surface area contributed by atoms with Crippen LogP contribution in [0.2, 0.25) is 5.82 Å². The Bertz CT molecular complexity index is 116. The lowest BCUT2D eigenvalue weighted by Crippen LogP contribution is -2.15. The van der Waals surface area contributed by atoms with Gasteiger partial charge in [-0.3, -0.25) is 0 Å². The molecule has 1 aliphatic rings. The van der Waals surface area contributed by atoms with Gasteiger partial charge in [0.05, 0.1) is 0 Å². The molecule has 0 saturated heterocycles. The molecule has 1 rings (SSSR count). The maximum atomic E-state index is 8.51. The highest BCUT2D eigenvalue weighted by Gasteiger charge is 2.18. The summed E-state index contributed by atoms with van der Waals surface area (Å²) in [4.78, 5) is 0. The predicted octanol–water partition coefficient (Wildman–Crippen LogP) is -0.0446. The van der Waals surface area contributed by atoms with Crippen molar-refractivity contribution in [2.24, 2.45) is 0 Å². The lowest BCUT2D eigenvalue weighted by Gasteiger charge is -1.98. The third kappa shape index (κ3) is 0.995. The zero-order valence-electron chi connectivity index (χ0n) is 4.36. The summed E-state index contributed by atoms with van der Waals surface area (Å²) < 4.78 is 0. The van der Waals surface area contributed by atoms with E-state index in [1.165, 1.54) is 0 Å². The van der Waals surface area contributed by atoms with Crippen molar-refractivity contribution >= 4 is 7.12 Å². The Labute approximate surface area is 48.3 Å². The molecule has 0 bridgehead atoms. The molecule has 0 aromatic rings. The highest BCUT2D eigenvalue weighted by molar-refractivity contribution is 6.44. The molecular formula is C5H7BO2. The third-order valence-electron chi connectivity index (χ3n) is 1.12. The summed E-state index contributed by atoms with van der Waals surface area (Å²) in [5, 5.41) is 17.0. The molecule has 0 unspecified atom stereocenters. The molecular weight excluding hydrogens is 103 g/mol. The summed E-state index contributed by atoms with van der Waals surface area (Å²) in [6, 6.07) is 0. The fourth-order valence-electron chi connectivity index (χ4n) is 0.648. The van der Waals surface area contributed by atoms with Crippen LogP contribution in [-0.2, 0) is 0 Å². The van der Waals surface area contributed by atoms with Crippen molar-refractivity contribution in [1.29, 1.82) is 0 Å². The van der Waals surface area contributed by atoms with Crippen molar-refractivity contribution in [2.75, 3.05) is 0 Å². The van der Waals surface area contributed by atoms with Crippen LogP contribution < -0.4 is 0 Å². The second kappa shape index (κ2) is 2.16. The number of allylic oxidation sites excluding steroid dienone is 4. The minimum absolute atomic E-state index is 0.185. The van der Waals surface area contributed by atoms with Crippen molar-refractivity contribution in [1.82, 2.24) is 0 Å². The second-order valence-corrected chi connectivity index (χ2v) is 1.76. The molecule has 42 valence electrons. The predicted molar refractivity (Wildman–Crippen MR) is 32.2 cm³/mol. The van der Waals surface area contributed by atoms with E-state index in [2.05, 4.69) is 0 Å². The molecule has 8 heavy (non-hydrogen) atoms. The van der Waals surface area contributed by atoms with E-state index in [-0.39, 0.29) is 5.82 Å². The van der Waals surface area contributed by atoms with Gasteiger partial charge in [-0.25, -0.2) is 0 Å². The minimum atomic E-state index is -1.23. The lowest BCUT2D eigenvalue weighted by atomic mass is 9.74. The van der Waals surface area contributed by atoms with Gasteiger partial charge in [0.25, 0.3) is 0 Å². The van der Waals surface area contributed by atoms with E-state index < -0.39 is 7.12 Å². The maximum Gasteiger partial charge on any atom is 0.462 e. The first-order valence-electron chi connectivity index (χ1n) is 2.52. The molecule has 2 nitrogen and oxygen atoms in total. The van der Waals surface area contributed by atoms with Crippen molar-refractivity contribution in [3.63, 3.8) is 0 Å². The average molecular weight is 110 g/mol. The van der Waals surface area contributed by atoms with Crippen molar-refractivity contribution in [3.8, 4) is 0 Å². The maximum absolute atomic E-state index is 8.51. The van der Waals surface area contributed by atoms with Gasteiger partial charge in [-0.2, -0.15) is 0 Å². The molecule has 0 radical (unpaired) electrons. The number of hydrogen-bond donors (Lipinski definition) is 2. The summed E-state index contributed by atoms with van der Waals surface area (Å²) in [7, 11) is -1.23. The van der Waals surface area contributed by atoms with Gasteiger partial charge in [0.1, 0.15) is 0 Å². The Morgan fingerprint density at radius 3 is 1.88 bits per heavy atom. The van der Waals surface area contributed by atoms with Gasteiger partial charge < -0.3 is 10.0 Å². The molecule has 0 fully saturated rings. The summed E-state index contributed by atoms with van der Waals surface area (Å²) in [6.07, 6.45) is 7.07. The zero-order chi connectivity index (χ0) is 5.98. The number of hydrogen-bond acceptors (Lipinski definition) is 2. The SMILES string of the molecule is OB(O)C1C=CC=C1. The number of rotatable bonds is 1. The van der Waals surface area contributed by atoms with E-state index >= 15 is 0 Å². The Morgan fingerprint density at radius 2 is 1.62 bits per heavy atom. The molecule has 0 heterocycles. The van der Waals surface area contributed by atoms with E-state index in [4.69, 9.17) is 10.0 Å². The largest absolute Gasteiger partial charge is 0.462 e. The van der Waals surface area contributed by atoms with E-state index in [9.17, 15) is 0 Å². The second-order valence-electron chi connectivity index (χ2n) is 1.76. The molecule has 0 aromatic heterocycles. The lowest BCUT2D eigenvalue weighted by molar-refractivity contribution is 0.403. The van der Waals surface area contributed by atoms with Crippen LogP contribution in [0.15, 0.2) is 24.3 Å². The Balaban J connectivity index is 2.49. The summed E-state index contributed by atoms with van der Waals surface area (Å²) in [5.41, 5.74) is 0. The molecule has 0 atom stereocenters. The summed E-state index contributed by atoms with van der Waals surface area (Å²) >= 11 is 0. The Kier molecular flexibility index (Phi) is 1.51. The first kappa shape index (κ1) is 5.60. The van der Waals surface area contributed by atoms with Crippen molar-refractivity contribution in [2.45, 2.75) is 5.82 Å². The molecule has 0 spiro atoms. The summed E-state index contributed by atoms with van der Waals surface area (Å²) in [6.45, 7) is 0. The standard InChI is InChI=1S/C5H7BO2/c7-6(8)5-3-1-2-4-5/h1-5,7-8H. The highest BCUT2D eigenvalue weighted by atomic mass is 16.4. The average Bonchev–Trinajstić information content (AvgIpc) is 2.12. The van der Waals surface area contributed by atoms with E-state index in [0.717, 1.165) is 0 Å². The van der Waals surface area contributed by atoms with Crippen molar-refractivity contribution < 1.29 is 10.0 Å². The van der Waals surface area contributed by atoms with Crippen LogP contribution in [0.4, 0.5) is 0 Å². The molecule has 0 amide bonds. The van der Waals surface area contributed by atoms with Crippen LogP contribution in [0, 0.1) is 0 Å². The van der Waals surface area contributed by atoms with Gasteiger partial charge in [0.2, 0.25) is 0 Å². The monoisotopic (exact) mass is 110 g/mol. The van der Waals surface area contributed by atoms with Crippen LogP contribution in [0.3, 0.4) is 0 Å². The third-order valence-corrected chi connectivity index (χ3v) is 1.12. The molecule has 0 saturated carbocycles. The van der Waals surface area contributed by atoms with Crippen LogP contribution in [0.1, 0.15) is 0 Å². The van der Waals surface area contributed by atoms with Crippen LogP contribution in [0.5, 0.6) is 0 Å². The molecule has 2 N–H and O–H groups in total. The Morgan fingerprint density at radius 1 is 1.12 bits per heavy atom. The van der Waals surface area contributed by atoms with Crippen LogP contribution in [0.25, 0.3) is 0 Å². The fraction of sp³-hybridized carbons (Fsp3) is 0.200. The molecule has 0 aromatic carbocycles. The van der Waals surface area contributed by atoms with Gasteiger partial charge in [-0.15, -0.1) is 0 Å². The van der Waals surface area contributed by atoms with Crippen LogP contribution in [-0.4, -0.2) is 17.2 Å². The summed E-state index contributed by atoms with van der Waals surface area (Å²) in [5.74, 6) is -0.185. The normalized spacial score (nSPS) is 17.8. The molecule has 1 aliphatic carbocycles. The molecule has 3 heteroatoms. The molecule has 0 aliphatic heterocycles. The van der Waals surface area contributed by atoms with Crippen molar-refractivity contribution in [3.05, 3.63) is 24.3 Å². The smallest absolute Gasteiger partial charge is 0.426 e. The van der Waals surface area contributed by atoms with E-state index in [1.807, 2.05) is 0 Å². The zero-order valence-corrected chi connectivity index (χ0v) is 4.36. The van der Waals surface area contributed by atoms with Gasteiger partial charge in [-0.05, 0) is 0 Å². The van der Waals surface area contributed by atoms with Gasteiger partial charge in [0.15, 0.2) is 0 Å². The van der Waals surface area contributed by atoms with Crippen LogP contribution >= 0.6 is 0 Å². The van der Waals surface area contributed by atoms with Gasteiger partial charge in [-0.1, -0.05) is 24.3 Å². The fourth-order valence-corrected chi connectivity index (χ4v) is 0.648. The van der Waals surface area contributed by atoms with E-state index in [0.29, 0.717) is 0 Å². The highest BCUT2D eigenvalue weighted by Crippen LogP contribution is 2.15. The van der Waals surface area contributed by atoms with Gasteiger partial charge >= 0.3 is 7.12 Å². The first-order chi connectivity index (χ1) is 3.80. The quantitative estimate of drug-likeness (QED) is 0.464. The minimum Gasteiger partial charge on any atom is -0.426 e. The topological polar surface area (TPSA) is 40.5 Å². The van der Waals surface area contributed by atoms with E-state index in [1.54, 1.807) is 24.3 Å².